The maximum atomic E-state index is 13.9. The number of ether oxygens (including phenoxy) is 1. The number of carboxylic acid groups (broad SMARTS) is 1. The lowest BCUT2D eigenvalue weighted by molar-refractivity contribution is -0.0252. The van der Waals surface area contributed by atoms with Gasteiger partial charge in [-0.25, -0.2) is 9.18 Å². The van der Waals surface area contributed by atoms with Crippen molar-refractivity contribution in [2.24, 2.45) is 0 Å². The molecule has 1 atom stereocenters. The summed E-state index contributed by atoms with van der Waals surface area (Å²) in [6.07, 6.45) is -0.200. The molecule has 1 N–H and O–H groups in total. The van der Waals surface area contributed by atoms with Crippen LogP contribution in [0.4, 0.5) is 4.39 Å². The van der Waals surface area contributed by atoms with Gasteiger partial charge in [-0.15, -0.1) is 0 Å². The van der Waals surface area contributed by atoms with Crippen molar-refractivity contribution in [3.05, 3.63) is 58.8 Å². The summed E-state index contributed by atoms with van der Waals surface area (Å²) in [5, 5.41) is 9.18. The van der Waals surface area contributed by atoms with Crippen LogP contribution in [0.1, 0.15) is 45.3 Å². The number of carboxylic acids is 1. The molecule has 2 aromatic rings. The lowest BCUT2D eigenvalue weighted by Crippen LogP contribution is -2.42. The summed E-state index contributed by atoms with van der Waals surface area (Å²) in [5.74, 6) is -1.71. The van der Waals surface area contributed by atoms with Crippen molar-refractivity contribution in [3.63, 3.8) is 0 Å². The van der Waals surface area contributed by atoms with Crippen LogP contribution in [-0.2, 0) is 11.2 Å². The number of furan rings is 1. The van der Waals surface area contributed by atoms with Gasteiger partial charge in [0.1, 0.15) is 23.2 Å². The molecule has 3 rings (SSSR count). The average Bonchev–Trinajstić information content (AvgIpc) is 3.06. The first-order valence-corrected chi connectivity index (χ1v) is 8.02. The molecule has 0 radical (unpaired) electrons. The molecule has 0 aliphatic carbocycles. The van der Waals surface area contributed by atoms with E-state index in [1.54, 1.807) is 25.1 Å². The maximum Gasteiger partial charge on any atom is 0.339 e. The van der Waals surface area contributed by atoms with Crippen LogP contribution in [0.25, 0.3) is 0 Å². The number of carbonyl (C=O) groups excluding carboxylic acids is 1. The smallest absolute Gasteiger partial charge is 0.339 e. The molecule has 1 aliphatic heterocycles. The molecule has 1 fully saturated rings. The number of halogens is 1. The van der Waals surface area contributed by atoms with E-state index in [1.165, 1.54) is 17.0 Å². The number of hydrogen-bond acceptors (Lipinski definition) is 4. The number of amides is 1. The molecule has 0 saturated carbocycles. The van der Waals surface area contributed by atoms with Crippen molar-refractivity contribution in [3.8, 4) is 0 Å². The third-order valence-electron chi connectivity index (χ3n) is 4.18. The van der Waals surface area contributed by atoms with E-state index in [0.717, 1.165) is 0 Å². The van der Waals surface area contributed by atoms with Gasteiger partial charge in [0, 0.05) is 24.6 Å². The molecule has 1 aromatic heterocycles. The molecule has 25 heavy (non-hydrogen) atoms. The Bertz CT molecular complexity index is 801. The van der Waals surface area contributed by atoms with E-state index in [0.29, 0.717) is 18.5 Å². The van der Waals surface area contributed by atoms with Crippen molar-refractivity contribution in [1.82, 2.24) is 4.90 Å². The molecule has 1 aliphatic rings. The van der Waals surface area contributed by atoms with E-state index in [9.17, 15) is 19.1 Å². The number of hydrogen-bond donors (Lipinski definition) is 1. The fraction of sp³-hybridized carbons (Fsp3) is 0.333. The first-order chi connectivity index (χ1) is 12.0. The van der Waals surface area contributed by atoms with Crippen LogP contribution in [0.15, 0.2) is 34.7 Å². The summed E-state index contributed by atoms with van der Waals surface area (Å²) in [7, 11) is 0. The largest absolute Gasteiger partial charge is 0.478 e. The lowest BCUT2D eigenvalue weighted by Gasteiger charge is -2.32. The zero-order valence-corrected chi connectivity index (χ0v) is 13.7. The second-order valence-corrected chi connectivity index (χ2v) is 5.74. The number of benzene rings is 1. The summed E-state index contributed by atoms with van der Waals surface area (Å²) >= 11 is 0. The first kappa shape index (κ1) is 17.2. The van der Waals surface area contributed by atoms with Gasteiger partial charge >= 0.3 is 5.97 Å². The van der Waals surface area contributed by atoms with Crippen LogP contribution in [0, 0.1) is 5.82 Å². The van der Waals surface area contributed by atoms with E-state index in [-0.39, 0.29) is 36.1 Å². The zero-order chi connectivity index (χ0) is 18.0. The van der Waals surface area contributed by atoms with Crippen LogP contribution >= 0.6 is 0 Å². The van der Waals surface area contributed by atoms with E-state index in [4.69, 9.17) is 9.15 Å². The van der Waals surface area contributed by atoms with Gasteiger partial charge in [0.25, 0.3) is 5.91 Å². The Labute approximate surface area is 143 Å². The molecule has 1 unspecified atom stereocenters. The molecule has 2 heterocycles. The molecule has 0 bridgehead atoms. The third kappa shape index (κ3) is 3.41. The van der Waals surface area contributed by atoms with Gasteiger partial charge in [0.15, 0.2) is 5.76 Å². The highest BCUT2D eigenvalue weighted by Gasteiger charge is 2.30. The highest BCUT2D eigenvalue weighted by molar-refractivity contribution is 5.96. The van der Waals surface area contributed by atoms with Crippen LogP contribution < -0.4 is 0 Å². The quantitative estimate of drug-likeness (QED) is 0.920. The van der Waals surface area contributed by atoms with Gasteiger partial charge < -0.3 is 19.2 Å². The normalized spacial score (nSPS) is 17.5. The van der Waals surface area contributed by atoms with Crippen molar-refractivity contribution < 1.29 is 28.2 Å². The molecular formula is C18H18FNO5. The Hall–Kier alpha value is -2.67. The molecule has 1 amide bonds. The predicted octanol–water partition coefficient (Wildman–Crippen LogP) is 2.89. The number of carbonyl (C=O) groups is 2. The number of aromatic carboxylic acids is 1. The molecule has 132 valence electrons. The summed E-state index contributed by atoms with van der Waals surface area (Å²) in [5.41, 5.74) is 0.379. The number of rotatable bonds is 4. The monoisotopic (exact) mass is 347 g/mol. The topological polar surface area (TPSA) is 80.0 Å². The van der Waals surface area contributed by atoms with Gasteiger partial charge in [-0.2, -0.15) is 0 Å². The van der Waals surface area contributed by atoms with Crippen molar-refractivity contribution >= 4 is 11.9 Å². The minimum atomic E-state index is -1.13. The molecule has 0 spiro atoms. The summed E-state index contributed by atoms with van der Waals surface area (Å²) < 4.78 is 25.0. The average molecular weight is 347 g/mol. The summed E-state index contributed by atoms with van der Waals surface area (Å²) in [4.78, 5) is 25.4. The van der Waals surface area contributed by atoms with Crippen LogP contribution in [0.3, 0.4) is 0 Å². The number of nitrogens with zero attached hydrogens (tertiary/aromatic N) is 1. The number of aryl methyl sites for hydroxylation is 1. The fourth-order valence-electron chi connectivity index (χ4n) is 2.89. The van der Waals surface area contributed by atoms with Crippen LogP contribution in [0.2, 0.25) is 0 Å². The molecular weight excluding hydrogens is 329 g/mol. The highest BCUT2D eigenvalue weighted by atomic mass is 19.1. The Kier molecular flexibility index (Phi) is 4.85. The van der Waals surface area contributed by atoms with E-state index in [2.05, 4.69) is 0 Å². The van der Waals surface area contributed by atoms with Gasteiger partial charge in [-0.05, 0) is 6.07 Å². The molecule has 6 nitrogen and oxygen atoms in total. The lowest BCUT2D eigenvalue weighted by atomic mass is 10.1. The Morgan fingerprint density at radius 3 is 2.76 bits per heavy atom. The number of morpholine rings is 1. The maximum absolute atomic E-state index is 13.9. The van der Waals surface area contributed by atoms with Gasteiger partial charge in [-0.3, -0.25) is 4.79 Å². The second-order valence-electron chi connectivity index (χ2n) is 5.74. The Morgan fingerprint density at radius 1 is 1.36 bits per heavy atom. The molecule has 1 aromatic carbocycles. The minimum Gasteiger partial charge on any atom is -0.478 e. The Morgan fingerprint density at radius 2 is 2.12 bits per heavy atom. The van der Waals surface area contributed by atoms with Gasteiger partial charge in [0.2, 0.25) is 0 Å². The van der Waals surface area contributed by atoms with Crippen LogP contribution in [-0.4, -0.2) is 41.6 Å². The van der Waals surface area contributed by atoms with Gasteiger partial charge in [-0.1, -0.05) is 25.1 Å². The van der Waals surface area contributed by atoms with Crippen molar-refractivity contribution in [1.29, 1.82) is 0 Å². The summed E-state index contributed by atoms with van der Waals surface area (Å²) in [6, 6.07) is 7.52. The SMILES string of the molecule is CCc1oc(C(=O)N2CCOC(c3ccccc3F)C2)cc1C(=O)O. The summed E-state index contributed by atoms with van der Waals surface area (Å²) in [6.45, 7) is 2.51. The standard InChI is InChI=1S/C18H18FNO5/c1-2-14-12(18(22)23)9-15(25-14)17(21)20-7-8-24-16(10-20)11-5-3-4-6-13(11)19/h3-6,9,16H,2,7-8,10H2,1H3,(H,22,23). The highest BCUT2D eigenvalue weighted by Crippen LogP contribution is 2.26. The van der Waals surface area contributed by atoms with Crippen LogP contribution in [0.5, 0.6) is 0 Å². The molecule has 1 saturated heterocycles. The molecule has 7 heteroatoms. The Balaban J connectivity index is 1.81. The van der Waals surface area contributed by atoms with Crippen molar-refractivity contribution in [2.45, 2.75) is 19.4 Å². The third-order valence-corrected chi connectivity index (χ3v) is 4.18. The minimum absolute atomic E-state index is 0.00948. The van der Waals surface area contributed by atoms with E-state index >= 15 is 0 Å². The first-order valence-electron chi connectivity index (χ1n) is 8.02. The van der Waals surface area contributed by atoms with E-state index in [1.807, 2.05) is 0 Å². The predicted molar refractivity (Wildman–Crippen MR) is 86.0 cm³/mol. The van der Waals surface area contributed by atoms with Gasteiger partial charge in [0.05, 0.1) is 13.2 Å². The second kappa shape index (κ2) is 7.06. The fourth-order valence-corrected chi connectivity index (χ4v) is 2.89. The van der Waals surface area contributed by atoms with E-state index < -0.39 is 18.0 Å². The van der Waals surface area contributed by atoms with Crippen molar-refractivity contribution in [2.75, 3.05) is 19.7 Å². The zero-order valence-electron chi connectivity index (χ0n) is 13.7.